The number of nitriles is 1. The highest BCUT2D eigenvalue weighted by atomic mass is 19.1. The Hall–Kier alpha value is -1.40. The summed E-state index contributed by atoms with van der Waals surface area (Å²) in [4.78, 5) is 2.48. The highest BCUT2D eigenvalue weighted by Crippen LogP contribution is 2.42. The van der Waals surface area contributed by atoms with Crippen LogP contribution in [-0.4, -0.2) is 24.0 Å². The molecule has 2 fully saturated rings. The summed E-state index contributed by atoms with van der Waals surface area (Å²) >= 11 is 0. The van der Waals surface area contributed by atoms with Gasteiger partial charge < -0.3 is 4.90 Å². The van der Waals surface area contributed by atoms with E-state index < -0.39 is 0 Å². The molecular formula is C15H17FN2. The van der Waals surface area contributed by atoms with E-state index in [1.165, 1.54) is 12.8 Å². The van der Waals surface area contributed by atoms with E-state index in [1.807, 2.05) is 12.1 Å². The molecule has 0 N–H and O–H groups in total. The van der Waals surface area contributed by atoms with Gasteiger partial charge in [0.25, 0.3) is 0 Å². The van der Waals surface area contributed by atoms with Crippen LogP contribution in [0.2, 0.25) is 0 Å². The fourth-order valence-corrected chi connectivity index (χ4v) is 3.56. The van der Waals surface area contributed by atoms with E-state index in [0.29, 0.717) is 18.0 Å². The van der Waals surface area contributed by atoms with Crippen LogP contribution in [0.15, 0.2) is 18.2 Å². The number of piperidine rings is 1. The average molecular weight is 244 g/mol. The molecule has 1 aromatic rings. The van der Waals surface area contributed by atoms with E-state index in [0.717, 1.165) is 18.4 Å². The molecule has 2 heterocycles. The molecule has 2 aliphatic rings. The normalized spacial score (nSPS) is 31.3. The van der Waals surface area contributed by atoms with E-state index in [9.17, 15) is 4.39 Å². The maximum Gasteiger partial charge on any atom is 0.141 e. The summed E-state index contributed by atoms with van der Waals surface area (Å²) < 4.78 is 13.7. The van der Waals surface area contributed by atoms with Gasteiger partial charge >= 0.3 is 0 Å². The van der Waals surface area contributed by atoms with Crippen LogP contribution in [0.4, 0.5) is 4.39 Å². The highest BCUT2D eigenvalue weighted by molar-refractivity contribution is 5.35. The molecule has 2 bridgehead atoms. The first-order chi connectivity index (χ1) is 8.69. The van der Waals surface area contributed by atoms with Gasteiger partial charge in [-0.25, -0.2) is 4.39 Å². The average Bonchev–Trinajstić information content (AvgIpc) is 2.61. The Morgan fingerprint density at radius 2 is 1.94 bits per heavy atom. The third kappa shape index (κ3) is 1.81. The lowest BCUT2D eigenvalue weighted by Crippen LogP contribution is -2.39. The molecule has 18 heavy (non-hydrogen) atoms. The molecule has 2 aliphatic heterocycles. The van der Waals surface area contributed by atoms with Crippen molar-refractivity contribution in [3.8, 4) is 6.07 Å². The summed E-state index contributed by atoms with van der Waals surface area (Å²) in [6, 6.07) is 8.31. The van der Waals surface area contributed by atoms with Crippen LogP contribution in [0, 0.1) is 17.1 Å². The number of fused-ring (bicyclic) bond motifs is 2. The molecule has 0 saturated carbocycles. The lowest BCUT2D eigenvalue weighted by atomic mass is 9.85. The topological polar surface area (TPSA) is 27.0 Å². The smallest absolute Gasteiger partial charge is 0.141 e. The lowest BCUT2D eigenvalue weighted by molar-refractivity contribution is 0.161. The van der Waals surface area contributed by atoms with Gasteiger partial charge in [0.05, 0.1) is 5.56 Å². The summed E-state index contributed by atoms with van der Waals surface area (Å²) in [6.45, 7) is 0. The van der Waals surface area contributed by atoms with Crippen LogP contribution in [0.3, 0.4) is 0 Å². The van der Waals surface area contributed by atoms with Gasteiger partial charge in [-0.15, -0.1) is 0 Å². The molecule has 2 nitrogen and oxygen atoms in total. The first-order valence-electron chi connectivity index (χ1n) is 6.60. The fourth-order valence-electron chi connectivity index (χ4n) is 3.56. The number of hydrogen-bond acceptors (Lipinski definition) is 2. The Morgan fingerprint density at radius 3 is 2.50 bits per heavy atom. The predicted molar refractivity (Wildman–Crippen MR) is 67.7 cm³/mol. The molecule has 94 valence electrons. The van der Waals surface area contributed by atoms with Crippen molar-refractivity contribution in [3.63, 3.8) is 0 Å². The van der Waals surface area contributed by atoms with Crippen molar-refractivity contribution in [2.45, 2.75) is 43.7 Å². The van der Waals surface area contributed by atoms with Crippen molar-refractivity contribution in [3.05, 3.63) is 35.1 Å². The first kappa shape index (κ1) is 11.7. The van der Waals surface area contributed by atoms with Gasteiger partial charge in [0.15, 0.2) is 0 Å². The van der Waals surface area contributed by atoms with Gasteiger partial charge in [-0.3, -0.25) is 0 Å². The zero-order valence-electron chi connectivity index (χ0n) is 10.6. The predicted octanol–water partition coefficient (Wildman–Crippen LogP) is 3.04. The molecule has 3 rings (SSSR count). The van der Waals surface area contributed by atoms with Crippen LogP contribution in [0.5, 0.6) is 0 Å². The minimum Gasteiger partial charge on any atom is -0.300 e. The molecule has 3 atom stereocenters. The fraction of sp³-hybridized carbons (Fsp3) is 0.533. The second-order valence-electron chi connectivity index (χ2n) is 5.57. The summed E-state index contributed by atoms with van der Waals surface area (Å²) in [6.07, 6.45) is 4.80. The maximum absolute atomic E-state index is 13.7. The third-order valence-corrected chi connectivity index (χ3v) is 4.68. The van der Waals surface area contributed by atoms with Crippen LogP contribution >= 0.6 is 0 Å². The minimum atomic E-state index is -0.374. The van der Waals surface area contributed by atoms with Gasteiger partial charge in [-0.1, -0.05) is 6.07 Å². The molecule has 1 unspecified atom stereocenters. The minimum absolute atomic E-state index is 0.148. The molecule has 0 aliphatic carbocycles. The van der Waals surface area contributed by atoms with Crippen LogP contribution < -0.4 is 0 Å². The molecule has 0 amide bonds. The van der Waals surface area contributed by atoms with Crippen molar-refractivity contribution in [1.82, 2.24) is 4.90 Å². The SMILES string of the molecule is CN1[C@@H]2CC[C@H]1CC(c1ccc(C#N)c(F)c1)C2. The van der Waals surface area contributed by atoms with E-state index in [2.05, 4.69) is 11.9 Å². The molecule has 0 spiro atoms. The largest absolute Gasteiger partial charge is 0.300 e. The van der Waals surface area contributed by atoms with E-state index in [4.69, 9.17) is 5.26 Å². The maximum atomic E-state index is 13.7. The Morgan fingerprint density at radius 1 is 1.28 bits per heavy atom. The number of halogens is 1. The van der Waals surface area contributed by atoms with Gasteiger partial charge in [0, 0.05) is 12.1 Å². The Kier molecular flexibility index (Phi) is 2.83. The molecule has 1 aromatic carbocycles. The Balaban J connectivity index is 1.84. The number of nitrogens with zero attached hydrogens (tertiary/aromatic N) is 2. The van der Waals surface area contributed by atoms with Crippen LogP contribution in [0.1, 0.15) is 42.7 Å². The van der Waals surface area contributed by atoms with Gasteiger partial charge in [-0.2, -0.15) is 5.26 Å². The van der Waals surface area contributed by atoms with E-state index in [-0.39, 0.29) is 11.4 Å². The summed E-state index contributed by atoms with van der Waals surface area (Å²) in [5.41, 5.74) is 1.21. The Bertz CT molecular complexity index is 492. The van der Waals surface area contributed by atoms with Crippen molar-refractivity contribution in [2.24, 2.45) is 0 Å². The lowest BCUT2D eigenvalue weighted by Gasteiger charge is -2.36. The molecule has 3 heteroatoms. The molecule has 2 saturated heterocycles. The summed E-state index contributed by atoms with van der Waals surface area (Å²) in [5, 5.41) is 8.75. The number of hydrogen-bond donors (Lipinski definition) is 0. The summed E-state index contributed by atoms with van der Waals surface area (Å²) in [7, 11) is 2.21. The third-order valence-electron chi connectivity index (χ3n) is 4.68. The second kappa shape index (κ2) is 4.37. The monoisotopic (exact) mass is 244 g/mol. The number of rotatable bonds is 1. The molecular weight excluding hydrogens is 227 g/mol. The van der Waals surface area contributed by atoms with Gasteiger partial charge in [0.1, 0.15) is 11.9 Å². The zero-order chi connectivity index (χ0) is 12.7. The van der Waals surface area contributed by atoms with Crippen molar-refractivity contribution in [2.75, 3.05) is 7.05 Å². The van der Waals surface area contributed by atoms with Crippen LogP contribution in [-0.2, 0) is 0 Å². The van der Waals surface area contributed by atoms with E-state index >= 15 is 0 Å². The number of benzene rings is 1. The van der Waals surface area contributed by atoms with Crippen molar-refractivity contribution in [1.29, 1.82) is 5.26 Å². The summed E-state index contributed by atoms with van der Waals surface area (Å²) in [5.74, 6) is 0.0854. The standard InChI is InChI=1S/C15H17FN2/c1-18-13-4-5-14(18)7-12(6-13)10-2-3-11(9-17)15(16)8-10/h2-3,8,12-14H,4-7H2,1H3/t12?,13-,14+. The van der Waals surface area contributed by atoms with Crippen molar-refractivity contribution >= 4 is 0 Å². The second-order valence-corrected chi connectivity index (χ2v) is 5.57. The molecule has 0 radical (unpaired) electrons. The quantitative estimate of drug-likeness (QED) is 0.759. The van der Waals surface area contributed by atoms with E-state index in [1.54, 1.807) is 12.1 Å². The van der Waals surface area contributed by atoms with Crippen molar-refractivity contribution < 1.29 is 4.39 Å². The molecule has 0 aromatic heterocycles. The van der Waals surface area contributed by atoms with Gasteiger partial charge in [-0.05, 0) is 56.3 Å². The van der Waals surface area contributed by atoms with Crippen LogP contribution in [0.25, 0.3) is 0 Å². The highest BCUT2D eigenvalue weighted by Gasteiger charge is 2.38. The van der Waals surface area contributed by atoms with Gasteiger partial charge in [0.2, 0.25) is 0 Å². The zero-order valence-corrected chi connectivity index (χ0v) is 10.6. The first-order valence-corrected chi connectivity index (χ1v) is 6.60. The Labute approximate surface area is 107 Å².